The lowest BCUT2D eigenvalue weighted by Gasteiger charge is -2.35. The molecule has 1 aromatic heterocycles. The molecule has 0 atom stereocenters. The van der Waals surface area contributed by atoms with Crippen molar-refractivity contribution in [3.8, 4) is 5.75 Å². The molecule has 1 fully saturated rings. The molecule has 0 spiro atoms. The van der Waals surface area contributed by atoms with Gasteiger partial charge in [0, 0.05) is 31.2 Å². The molecule has 0 bridgehead atoms. The molecule has 1 aliphatic carbocycles. The average Bonchev–Trinajstić information content (AvgIpc) is 3.00. The number of carbonyl (C=O) groups excluding carboxylic acids is 1. The lowest BCUT2D eigenvalue weighted by molar-refractivity contribution is 0.0906. The number of aromatic hydroxyl groups is 1. The zero-order chi connectivity index (χ0) is 18.7. The van der Waals surface area contributed by atoms with E-state index in [1.54, 1.807) is 7.11 Å². The average molecular weight is 381 g/mol. The molecule has 3 N–H and O–H groups in total. The molecule has 0 unspecified atom stereocenters. The molecule has 1 saturated carbocycles. The smallest absolute Gasteiger partial charge is 0.251 e. The Kier molecular flexibility index (Phi) is 5.75. The molecule has 3 rings (SSSR count). The van der Waals surface area contributed by atoms with Crippen LogP contribution < -0.4 is 5.32 Å². The van der Waals surface area contributed by atoms with Gasteiger partial charge in [0.2, 0.25) is 0 Å². The van der Waals surface area contributed by atoms with E-state index < -0.39 is 0 Å². The minimum Gasteiger partial charge on any atom is -0.506 e. The number of phenolic OH excluding ortho intramolecular Hbond substituents is 1. The van der Waals surface area contributed by atoms with Crippen LogP contribution in [0.4, 0.5) is 0 Å². The quantitative estimate of drug-likeness (QED) is 0.670. The van der Waals surface area contributed by atoms with Crippen LogP contribution in [0.25, 0.3) is 0 Å². The highest BCUT2D eigenvalue weighted by Gasteiger charge is 2.35. The first-order chi connectivity index (χ1) is 12.5. The first-order valence-electron chi connectivity index (χ1n) is 8.34. The van der Waals surface area contributed by atoms with E-state index in [1.165, 1.54) is 18.2 Å². The van der Waals surface area contributed by atoms with E-state index in [0.29, 0.717) is 24.5 Å². The summed E-state index contributed by atoms with van der Waals surface area (Å²) in [6.07, 6.45) is 1.49. The number of aromatic nitrogens is 3. The molecule has 140 valence electrons. The van der Waals surface area contributed by atoms with E-state index in [0.717, 1.165) is 18.7 Å². The highest BCUT2D eigenvalue weighted by molar-refractivity contribution is 6.32. The van der Waals surface area contributed by atoms with Gasteiger partial charge in [0.25, 0.3) is 5.91 Å². The molecular formula is C17H21ClN4O4. The zero-order valence-electron chi connectivity index (χ0n) is 14.4. The van der Waals surface area contributed by atoms with Crippen molar-refractivity contribution in [2.24, 2.45) is 0 Å². The molecule has 1 heterocycles. The Balaban J connectivity index is 1.59. The van der Waals surface area contributed by atoms with E-state index in [9.17, 15) is 15.0 Å². The number of aliphatic hydroxyl groups is 1. The summed E-state index contributed by atoms with van der Waals surface area (Å²) in [7, 11) is 1.62. The maximum atomic E-state index is 12.3. The third-order valence-electron chi connectivity index (χ3n) is 4.56. The Morgan fingerprint density at radius 2 is 2.19 bits per heavy atom. The van der Waals surface area contributed by atoms with Crippen molar-refractivity contribution < 1.29 is 19.7 Å². The van der Waals surface area contributed by atoms with Gasteiger partial charge in [-0.05, 0) is 31.0 Å². The first-order valence-corrected chi connectivity index (χ1v) is 8.72. The molecule has 1 aromatic carbocycles. The predicted molar refractivity (Wildman–Crippen MR) is 94.2 cm³/mol. The fraction of sp³-hybridized carbons (Fsp3) is 0.471. The molecule has 0 aliphatic heterocycles. The maximum Gasteiger partial charge on any atom is 0.251 e. The summed E-state index contributed by atoms with van der Waals surface area (Å²) < 4.78 is 6.98. The number of aliphatic hydroxyl groups excluding tert-OH is 1. The molecule has 0 radical (unpaired) electrons. The Labute approximate surface area is 155 Å². The van der Waals surface area contributed by atoms with E-state index >= 15 is 0 Å². The molecular weight excluding hydrogens is 360 g/mol. The second-order valence-electron chi connectivity index (χ2n) is 6.28. The second kappa shape index (κ2) is 8.03. The molecule has 2 aromatic rings. The second-order valence-corrected chi connectivity index (χ2v) is 6.69. The number of phenols is 1. The number of methoxy groups -OCH3 is 1. The third-order valence-corrected chi connectivity index (χ3v) is 4.87. The van der Waals surface area contributed by atoms with Crippen molar-refractivity contribution in [2.45, 2.75) is 38.0 Å². The number of benzene rings is 1. The summed E-state index contributed by atoms with van der Waals surface area (Å²) in [5.41, 5.74) is 0.405. The largest absolute Gasteiger partial charge is 0.506 e. The van der Waals surface area contributed by atoms with Gasteiger partial charge in [0.1, 0.15) is 18.2 Å². The summed E-state index contributed by atoms with van der Waals surface area (Å²) in [4.78, 5) is 12.3. The number of nitrogens with zero attached hydrogens (tertiary/aromatic N) is 3. The lowest BCUT2D eigenvalue weighted by atomic mass is 9.79. The molecule has 8 nitrogen and oxygen atoms in total. The van der Waals surface area contributed by atoms with Gasteiger partial charge in [-0.25, -0.2) is 0 Å². The Morgan fingerprint density at radius 3 is 2.85 bits per heavy atom. The minimum atomic E-state index is -0.229. The predicted octanol–water partition coefficient (Wildman–Crippen LogP) is 1.45. The van der Waals surface area contributed by atoms with Crippen LogP contribution in [0.3, 0.4) is 0 Å². The van der Waals surface area contributed by atoms with Gasteiger partial charge in [0.15, 0.2) is 5.82 Å². The fourth-order valence-electron chi connectivity index (χ4n) is 3.06. The van der Waals surface area contributed by atoms with Crippen molar-refractivity contribution in [1.82, 2.24) is 20.1 Å². The number of halogens is 1. The summed E-state index contributed by atoms with van der Waals surface area (Å²) in [6.45, 7) is 0.909. The monoisotopic (exact) mass is 380 g/mol. The minimum absolute atomic E-state index is 0.0326. The molecule has 1 aliphatic rings. The summed E-state index contributed by atoms with van der Waals surface area (Å²) in [5.74, 6) is 1.22. The lowest BCUT2D eigenvalue weighted by Crippen LogP contribution is -2.44. The van der Waals surface area contributed by atoms with Crippen LogP contribution in [0, 0.1) is 0 Å². The van der Waals surface area contributed by atoms with Crippen molar-refractivity contribution in [3.63, 3.8) is 0 Å². The zero-order valence-corrected chi connectivity index (χ0v) is 15.1. The highest BCUT2D eigenvalue weighted by atomic mass is 35.5. The summed E-state index contributed by atoms with van der Waals surface area (Å²) in [6, 6.07) is 4.40. The normalized spacial score (nSPS) is 19.2. The van der Waals surface area contributed by atoms with Gasteiger partial charge in [-0.2, -0.15) is 0 Å². The van der Waals surface area contributed by atoms with Crippen LogP contribution in [-0.2, 0) is 17.9 Å². The van der Waals surface area contributed by atoms with Gasteiger partial charge in [-0.3, -0.25) is 4.79 Å². The number of carbonyl (C=O) groups is 1. The van der Waals surface area contributed by atoms with Gasteiger partial charge in [-0.15, -0.1) is 10.2 Å². The van der Waals surface area contributed by atoms with Crippen molar-refractivity contribution in [2.75, 3.05) is 13.7 Å². The summed E-state index contributed by atoms with van der Waals surface area (Å²) in [5, 5.41) is 30.1. The van der Waals surface area contributed by atoms with Crippen molar-refractivity contribution in [1.29, 1.82) is 0 Å². The number of hydrogen-bond donors (Lipinski definition) is 3. The van der Waals surface area contributed by atoms with Crippen molar-refractivity contribution >= 4 is 17.5 Å². The highest BCUT2D eigenvalue weighted by Crippen LogP contribution is 2.36. The maximum absolute atomic E-state index is 12.3. The van der Waals surface area contributed by atoms with Crippen LogP contribution in [0.15, 0.2) is 18.2 Å². The summed E-state index contributed by atoms with van der Waals surface area (Å²) >= 11 is 5.84. The third kappa shape index (κ3) is 3.82. The topological polar surface area (TPSA) is 110 Å². The van der Waals surface area contributed by atoms with E-state index in [-0.39, 0.29) is 35.2 Å². The molecule has 1 amide bonds. The Morgan fingerprint density at radius 1 is 1.42 bits per heavy atom. The van der Waals surface area contributed by atoms with Crippen LogP contribution in [0.1, 0.15) is 40.8 Å². The van der Waals surface area contributed by atoms with Crippen molar-refractivity contribution in [3.05, 3.63) is 40.4 Å². The van der Waals surface area contributed by atoms with Gasteiger partial charge in [0.05, 0.1) is 11.6 Å². The van der Waals surface area contributed by atoms with Crippen LogP contribution in [0.5, 0.6) is 5.75 Å². The number of amides is 1. The van der Waals surface area contributed by atoms with E-state index in [4.69, 9.17) is 16.3 Å². The first kappa shape index (κ1) is 18.6. The number of ether oxygens (including phenoxy) is 1. The Bertz CT molecular complexity index is 789. The number of hydrogen-bond acceptors (Lipinski definition) is 6. The van der Waals surface area contributed by atoms with Gasteiger partial charge in [-0.1, -0.05) is 11.6 Å². The van der Waals surface area contributed by atoms with Gasteiger partial charge < -0.3 is 24.8 Å². The number of nitrogens with one attached hydrogen (secondary N) is 1. The molecule has 0 saturated heterocycles. The van der Waals surface area contributed by atoms with E-state index in [2.05, 4.69) is 15.5 Å². The van der Waals surface area contributed by atoms with Crippen LogP contribution >= 0.6 is 11.6 Å². The fourth-order valence-corrected chi connectivity index (χ4v) is 3.24. The molecule has 26 heavy (non-hydrogen) atoms. The van der Waals surface area contributed by atoms with Crippen LogP contribution in [-0.4, -0.2) is 50.6 Å². The SMILES string of the molecule is COCCn1c(CO)nnc1C1CC(NC(=O)c2ccc(O)c(Cl)c2)C1. The molecule has 9 heteroatoms. The Hall–Kier alpha value is -2.16. The van der Waals surface area contributed by atoms with Crippen LogP contribution in [0.2, 0.25) is 5.02 Å². The standard InChI is InChI=1S/C17H21ClN4O4/c1-26-5-4-22-15(9-23)20-21-16(22)11-6-12(7-11)19-17(25)10-2-3-14(24)13(18)8-10/h2-3,8,11-12,23-24H,4-7,9H2,1H3,(H,19,25). The number of rotatable bonds is 7. The van der Waals surface area contributed by atoms with E-state index in [1.807, 2.05) is 4.57 Å². The van der Waals surface area contributed by atoms with Gasteiger partial charge >= 0.3 is 0 Å².